The van der Waals surface area contributed by atoms with Crippen molar-refractivity contribution in [3.05, 3.63) is 42.2 Å². The molecule has 2 rings (SSSR count). The number of hydrogen-bond acceptors (Lipinski definition) is 4. The highest BCUT2D eigenvalue weighted by atomic mass is 28.3. The van der Waals surface area contributed by atoms with Crippen molar-refractivity contribution in [2.45, 2.75) is 13.2 Å². The van der Waals surface area contributed by atoms with E-state index in [1.165, 1.54) is 6.33 Å². The third-order valence-electron chi connectivity index (χ3n) is 2.37. The summed E-state index contributed by atoms with van der Waals surface area (Å²) >= 11 is 0. The SMILES string of the molecule is C[Si@H](NC(=O)OCc1ccccc1)c1nc[nH]n1. The van der Waals surface area contributed by atoms with E-state index in [2.05, 4.69) is 20.2 Å². The first-order valence-corrected chi connectivity index (χ1v) is 7.89. The molecule has 18 heavy (non-hydrogen) atoms. The Kier molecular flexibility index (Phi) is 4.08. The van der Waals surface area contributed by atoms with Crippen LogP contribution in [0.1, 0.15) is 5.56 Å². The van der Waals surface area contributed by atoms with Crippen molar-refractivity contribution in [3.63, 3.8) is 0 Å². The van der Waals surface area contributed by atoms with E-state index in [4.69, 9.17) is 4.74 Å². The van der Waals surface area contributed by atoms with Crippen LogP contribution in [0, 0.1) is 0 Å². The molecule has 0 fully saturated rings. The lowest BCUT2D eigenvalue weighted by Gasteiger charge is -2.09. The molecule has 0 radical (unpaired) electrons. The summed E-state index contributed by atoms with van der Waals surface area (Å²) in [5.41, 5.74) is 1.62. The van der Waals surface area contributed by atoms with Crippen molar-refractivity contribution >= 4 is 20.5 Å². The highest BCUT2D eigenvalue weighted by Gasteiger charge is 2.15. The molecule has 2 aromatic rings. The number of benzene rings is 1. The number of aromatic nitrogens is 3. The van der Waals surface area contributed by atoms with Crippen LogP contribution in [0.25, 0.3) is 0 Å². The molecule has 94 valence electrons. The van der Waals surface area contributed by atoms with Crippen LogP contribution < -0.4 is 10.4 Å². The van der Waals surface area contributed by atoms with Gasteiger partial charge in [0.05, 0.1) is 0 Å². The van der Waals surface area contributed by atoms with Crippen LogP contribution in [-0.4, -0.2) is 30.2 Å². The van der Waals surface area contributed by atoms with E-state index in [1.807, 2.05) is 36.9 Å². The molecule has 0 saturated carbocycles. The molecule has 0 aliphatic carbocycles. The summed E-state index contributed by atoms with van der Waals surface area (Å²) in [6, 6.07) is 9.54. The molecule has 1 amide bonds. The Hall–Kier alpha value is -2.15. The van der Waals surface area contributed by atoms with Crippen LogP contribution in [-0.2, 0) is 11.3 Å². The molecule has 2 N–H and O–H groups in total. The van der Waals surface area contributed by atoms with Gasteiger partial charge in [-0.3, -0.25) is 5.10 Å². The second kappa shape index (κ2) is 5.96. The summed E-state index contributed by atoms with van der Waals surface area (Å²) in [5, 5.41) is 6.57. The number of carbonyl (C=O) groups is 1. The van der Waals surface area contributed by atoms with Gasteiger partial charge in [0, 0.05) is 0 Å². The van der Waals surface area contributed by atoms with Gasteiger partial charge in [-0.2, -0.15) is 5.10 Å². The molecule has 0 spiro atoms. The molecule has 0 unspecified atom stereocenters. The van der Waals surface area contributed by atoms with Gasteiger partial charge in [0.15, 0.2) is 0 Å². The highest BCUT2D eigenvalue weighted by Crippen LogP contribution is 2.00. The van der Waals surface area contributed by atoms with Crippen LogP contribution in [0.4, 0.5) is 4.79 Å². The molecule has 1 heterocycles. The quantitative estimate of drug-likeness (QED) is 0.776. The summed E-state index contributed by atoms with van der Waals surface area (Å²) in [4.78, 5) is 18.4. The summed E-state index contributed by atoms with van der Waals surface area (Å²) in [6.07, 6.45) is 1.07. The monoisotopic (exact) mass is 262 g/mol. The number of nitrogens with zero attached hydrogens (tertiary/aromatic N) is 2. The van der Waals surface area contributed by atoms with E-state index in [9.17, 15) is 4.79 Å². The number of rotatable bonds is 4. The normalized spacial score (nSPS) is 11.8. The number of amides is 1. The standard InChI is InChI=1S/C11H14N4O2Si/c1-18(10-12-8-13-14-10)15-11(16)17-7-9-5-3-2-4-6-9/h2-6,8,18H,7H2,1H3,(H,15,16)(H,12,13,14)/t18-/m0/s1. The number of H-pyrrole nitrogens is 1. The van der Waals surface area contributed by atoms with Gasteiger partial charge in [-0.25, -0.2) is 9.78 Å². The zero-order valence-corrected chi connectivity index (χ0v) is 11.1. The molecule has 1 aromatic carbocycles. The van der Waals surface area contributed by atoms with Crippen molar-refractivity contribution in [3.8, 4) is 0 Å². The third kappa shape index (κ3) is 3.42. The van der Waals surface area contributed by atoms with Crippen LogP contribution in [0.15, 0.2) is 36.7 Å². The Morgan fingerprint density at radius 2 is 2.22 bits per heavy atom. The van der Waals surface area contributed by atoms with Crippen LogP contribution in [0.2, 0.25) is 6.55 Å². The lowest BCUT2D eigenvalue weighted by Crippen LogP contribution is -2.47. The molecule has 6 nitrogen and oxygen atoms in total. The maximum atomic E-state index is 11.6. The minimum Gasteiger partial charge on any atom is -0.445 e. The average molecular weight is 262 g/mol. The lowest BCUT2D eigenvalue weighted by molar-refractivity contribution is 0.145. The Morgan fingerprint density at radius 3 is 2.89 bits per heavy atom. The molecular weight excluding hydrogens is 248 g/mol. The van der Waals surface area contributed by atoms with Crippen molar-refractivity contribution in [1.82, 2.24) is 20.2 Å². The topological polar surface area (TPSA) is 79.9 Å². The Morgan fingerprint density at radius 1 is 1.44 bits per heavy atom. The fourth-order valence-corrected chi connectivity index (χ4v) is 2.57. The van der Waals surface area contributed by atoms with E-state index in [1.54, 1.807) is 0 Å². The first-order chi connectivity index (χ1) is 8.75. The maximum absolute atomic E-state index is 11.6. The predicted molar refractivity (Wildman–Crippen MR) is 68.8 cm³/mol. The Balaban J connectivity index is 1.79. The molecular formula is C11H14N4O2Si. The van der Waals surface area contributed by atoms with Crippen molar-refractivity contribution in [2.75, 3.05) is 0 Å². The summed E-state index contributed by atoms with van der Waals surface area (Å²) in [5.74, 6) is 0. The van der Waals surface area contributed by atoms with Gasteiger partial charge >= 0.3 is 6.09 Å². The number of hydrogen-bond donors (Lipinski definition) is 2. The molecule has 7 heteroatoms. The van der Waals surface area contributed by atoms with Gasteiger partial charge in [0.1, 0.15) is 18.4 Å². The van der Waals surface area contributed by atoms with E-state index < -0.39 is 15.1 Å². The molecule has 0 aliphatic rings. The molecule has 1 aromatic heterocycles. The van der Waals surface area contributed by atoms with Crippen LogP contribution >= 0.6 is 0 Å². The van der Waals surface area contributed by atoms with Gasteiger partial charge in [-0.1, -0.05) is 30.3 Å². The predicted octanol–water partition coefficient (Wildman–Crippen LogP) is 0.292. The number of ether oxygens (including phenoxy) is 1. The molecule has 0 bridgehead atoms. The smallest absolute Gasteiger partial charge is 0.399 e. The van der Waals surface area contributed by atoms with Crippen LogP contribution in [0.3, 0.4) is 0 Å². The first kappa shape index (κ1) is 12.3. The van der Waals surface area contributed by atoms with Crippen LogP contribution in [0.5, 0.6) is 0 Å². The van der Waals surface area contributed by atoms with Crippen molar-refractivity contribution < 1.29 is 9.53 Å². The second-order valence-electron chi connectivity index (χ2n) is 3.79. The van der Waals surface area contributed by atoms with E-state index in [0.717, 1.165) is 5.56 Å². The summed E-state index contributed by atoms with van der Waals surface area (Å²) < 4.78 is 5.12. The summed E-state index contributed by atoms with van der Waals surface area (Å²) in [6.45, 7) is 2.19. The summed E-state index contributed by atoms with van der Waals surface area (Å²) in [7, 11) is -1.67. The highest BCUT2D eigenvalue weighted by molar-refractivity contribution is 6.70. The van der Waals surface area contributed by atoms with E-state index in [0.29, 0.717) is 5.45 Å². The zero-order chi connectivity index (χ0) is 12.8. The Labute approximate surface area is 106 Å². The number of aromatic amines is 1. The van der Waals surface area contributed by atoms with E-state index in [-0.39, 0.29) is 6.61 Å². The van der Waals surface area contributed by atoms with Crippen molar-refractivity contribution in [2.24, 2.45) is 0 Å². The maximum Gasteiger partial charge on any atom is 0.399 e. The molecule has 1 atom stereocenters. The molecule has 0 saturated heterocycles. The Bertz CT molecular complexity index is 489. The lowest BCUT2D eigenvalue weighted by atomic mass is 10.2. The van der Waals surface area contributed by atoms with Gasteiger partial charge in [-0.15, -0.1) is 0 Å². The first-order valence-electron chi connectivity index (χ1n) is 5.58. The average Bonchev–Trinajstić information content (AvgIpc) is 2.91. The largest absolute Gasteiger partial charge is 0.445 e. The van der Waals surface area contributed by atoms with Gasteiger partial charge in [0.25, 0.3) is 0 Å². The molecule has 0 aliphatic heterocycles. The fourth-order valence-electron chi connectivity index (χ4n) is 1.43. The second-order valence-corrected chi connectivity index (χ2v) is 6.03. The van der Waals surface area contributed by atoms with Gasteiger partial charge < -0.3 is 9.72 Å². The number of carbonyl (C=O) groups excluding carboxylic acids is 1. The zero-order valence-electron chi connectivity index (χ0n) is 9.96. The van der Waals surface area contributed by atoms with Crippen molar-refractivity contribution in [1.29, 1.82) is 0 Å². The fraction of sp³-hybridized carbons (Fsp3) is 0.182. The third-order valence-corrected chi connectivity index (χ3v) is 4.09. The van der Waals surface area contributed by atoms with Gasteiger partial charge in [0.2, 0.25) is 8.96 Å². The minimum absolute atomic E-state index is 0.266. The minimum atomic E-state index is -1.67. The van der Waals surface area contributed by atoms with Gasteiger partial charge in [-0.05, 0) is 12.1 Å². The number of nitrogens with one attached hydrogen (secondary N) is 2. The van der Waals surface area contributed by atoms with E-state index >= 15 is 0 Å².